The topological polar surface area (TPSA) is 44.5 Å². The van der Waals surface area contributed by atoms with Crippen LogP contribution in [0.15, 0.2) is 18.2 Å². The summed E-state index contributed by atoms with van der Waals surface area (Å²) in [6, 6.07) is 6.81. The molecule has 0 saturated carbocycles. The van der Waals surface area contributed by atoms with Crippen molar-refractivity contribution in [2.24, 2.45) is 5.73 Å². The standard InChI is InChI=1S/C16H25NO2/c1-2-18-10-3-4-15(17)7-5-13-6-8-16-14(12-13)9-11-19-16/h6,8,12,15H,2-5,7,9-11,17H2,1H3. The number of hydrogen-bond donors (Lipinski definition) is 1. The van der Waals surface area contributed by atoms with Crippen molar-refractivity contribution < 1.29 is 9.47 Å². The van der Waals surface area contributed by atoms with Gasteiger partial charge in [0, 0.05) is 25.7 Å². The zero-order chi connectivity index (χ0) is 13.5. The molecule has 0 spiro atoms. The molecular weight excluding hydrogens is 238 g/mol. The molecule has 0 aromatic heterocycles. The van der Waals surface area contributed by atoms with Gasteiger partial charge in [-0.25, -0.2) is 0 Å². The molecule has 1 atom stereocenters. The third kappa shape index (κ3) is 4.51. The third-order valence-corrected chi connectivity index (χ3v) is 3.63. The predicted octanol–water partition coefficient (Wildman–Crippen LogP) is 2.70. The summed E-state index contributed by atoms with van der Waals surface area (Å²) in [5.74, 6) is 1.06. The van der Waals surface area contributed by atoms with Gasteiger partial charge in [-0.3, -0.25) is 0 Å². The van der Waals surface area contributed by atoms with Gasteiger partial charge in [-0.1, -0.05) is 12.1 Å². The molecule has 1 heterocycles. The van der Waals surface area contributed by atoms with Gasteiger partial charge in [0.1, 0.15) is 5.75 Å². The van der Waals surface area contributed by atoms with Crippen LogP contribution in [0.1, 0.15) is 37.3 Å². The highest BCUT2D eigenvalue weighted by Gasteiger charge is 2.12. The van der Waals surface area contributed by atoms with Crippen molar-refractivity contribution >= 4 is 0 Å². The second-order valence-corrected chi connectivity index (χ2v) is 5.18. The minimum atomic E-state index is 0.282. The van der Waals surface area contributed by atoms with Crippen molar-refractivity contribution in [3.8, 4) is 5.75 Å². The number of ether oxygens (including phenoxy) is 2. The Kier molecular flexibility index (Phi) is 5.67. The Bertz CT molecular complexity index is 392. The van der Waals surface area contributed by atoms with Gasteiger partial charge in [0.2, 0.25) is 0 Å². The van der Waals surface area contributed by atoms with E-state index in [0.717, 1.165) is 57.7 Å². The zero-order valence-corrected chi connectivity index (χ0v) is 11.9. The summed E-state index contributed by atoms with van der Waals surface area (Å²) >= 11 is 0. The number of benzene rings is 1. The molecular formula is C16H25NO2. The molecule has 0 radical (unpaired) electrons. The average molecular weight is 263 g/mol. The van der Waals surface area contributed by atoms with E-state index < -0.39 is 0 Å². The van der Waals surface area contributed by atoms with Crippen LogP contribution in [0.4, 0.5) is 0 Å². The summed E-state index contributed by atoms with van der Waals surface area (Å²) in [6.45, 7) is 4.49. The molecule has 2 rings (SSSR count). The van der Waals surface area contributed by atoms with E-state index in [1.807, 2.05) is 6.92 Å². The first kappa shape index (κ1) is 14.4. The largest absolute Gasteiger partial charge is 0.493 e. The lowest BCUT2D eigenvalue weighted by molar-refractivity contribution is 0.141. The molecule has 0 fully saturated rings. The van der Waals surface area contributed by atoms with Crippen molar-refractivity contribution in [3.05, 3.63) is 29.3 Å². The van der Waals surface area contributed by atoms with Gasteiger partial charge in [-0.05, 0) is 49.8 Å². The molecule has 3 heteroatoms. The highest BCUT2D eigenvalue weighted by Crippen LogP contribution is 2.26. The summed E-state index contributed by atoms with van der Waals surface area (Å²) < 4.78 is 10.8. The van der Waals surface area contributed by atoms with Crippen LogP contribution in [0.25, 0.3) is 0 Å². The molecule has 19 heavy (non-hydrogen) atoms. The van der Waals surface area contributed by atoms with E-state index in [1.165, 1.54) is 11.1 Å². The Labute approximate surface area is 116 Å². The number of nitrogens with two attached hydrogens (primary N) is 1. The monoisotopic (exact) mass is 263 g/mol. The average Bonchev–Trinajstić information content (AvgIpc) is 2.89. The Balaban J connectivity index is 1.70. The molecule has 1 unspecified atom stereocenters. The molecule has 1 aromatic carbocycles. The fourth-order valence-electron chi connectivity index (χ4n) is 2.48. The van der Waals surface area contributed by atoms with Gasteiger partial charge in [-0.15, -0.1) is 0 Å². The molecule has 0 saturated heterocycles. The molecule has 106 valence electrons. The van der Waals surface area contributed by atoms with Crippen LogP contribution >= 0.6 is 0 Å². The predicted molar refractivity (Wildman–Crippen MR) is 77.7 cm³/mol. The maximum absolute atomic E-state index is 6.14. The summed E-state index contributed by atoms with van der Waals surface area (Å²) in [5, 5.41) is 0. The summed E-state index contributed by atoms with van der Waals surface area (Å²) in [6.07, 6.45) is 5.26. The SMILES string of the molecule is CCOCCCC(N)CCc1ccc2c(c1)CCO2. The Hall–Kier alpha value is -1.06. The van der Waals surface area contributed by atoms with Crippen molar-refractivity contribution in [1.29, 1.82) is 0 Å². The molecule has 1 aliphatic rings. The Morgan fingerprint density at radius 2 is 2.26 bits per heavy atom. The normalized spacial score (nSPS) is 15.1. The van der Waals surface area contributed by atoms with Gasteiger partial charge >= 0.3 is 0 Å². The van der Waals surface area contributed by atoms with Crippen molar-refractivity contribution in [2.75, 3.05) is 19.8 Å². The van der Waals surface area contributed by atoms with E-state index in [2.05, 4.69) is 18.2 Å². The Morgan fingerprint density at radius 1 is 1.37 bits per heavy atom. The second kappa shape index (κ2) is 7.51. The smallest absolute Gasteiger partial charge is 0.122 e. The van der Waals surface area contributed by atoms with E-state index >= 15 is 0 Å². The zero-order valence-electron chi connectivity index (χ0n) is 11.9. The number of rotatable bonds is 8. The first-order valence-corrected chi connectivity index (χ1v) is 7.37. The lowest BCUT2D eigenvalue weighted by Crippen LogP contribution is -2.21. The van der Waals surface area contributed by atoms with Gasteiger partial charge in [0.05, 0.1) is 6.61 Å². The van der Waals surface area contributed by atoms with Crippen LogP contribution in [0.2, 0.25) is 0 Å². The van der Waals surface area contributed by atoms with Gasteiger partial charge in [-0.2, -0.15) is 0 Å². The van der Waals surface area contributed by atoms with Crippen LogP contribution in [0.3, 0.4) is 0 Å². The van der Waals surface area contributed by atoms with Crippen molar-refractivity contribution in [3.63, 3.8) is 0 Å². The fourth-order valence-corrected chi connectivity index (χ4v) is 2.48. The molecule has 0 bridgehead atoms. The molecule has 0 aliphatic carbocycles. The van der Waals surface area contributed by atoms with E-state index in [1.54, 1.807) is 0 Å². The second-order valence-electron chi connectivity index (χ2n) is 5.18. The lowest BCUT2D eigenvalue weighted by Gasteiger charge is -2.12. The van der Waals surface area contributed by atoms with Crippen LogP contribution in [0.5, 0.6) is 5.75 Å². The minimum absolute atomic E-state index is 0.282. The lowest BCUT2D eigenvalue weighted by atomic mass is 10.0. The quantitative estimate of drug-likeness (QED) is 0.733. The first-order chi connectivity index (χ1) is 9.29. The van der Waals surface area contributed by atoms with Crippen LogP contribution in [-0.2, 0) is 17.6 Å². The first-order valence-electron chi connectivity index (χ1n) is 7.37. The maximum Gasteiger partial charge on any atom is 0.122 e. The summed E-state index contributed by atoms with van der Waals surface area (Å²) in [5.41, 5.74) is 8.86. The third-order valence-electron chi connectivity index (χ3n) is 3.63. The molecule has 2 N–H and O–H groups in total. The number of fused-ring (bicyclic) bond motifs is 1. The van der Waals surface area contributed by atoms with Gasteiger partial charge in [0.25, 0.3) is 0 Å². The van der Waals surface area contributed by atoms with E-state index in [0.29, 0.717) is 0 Å². The van der Waals surface area contributed by atoms with E-state index in [-0.39, 0.29) is 6.04 Å². The highest BCUT2D eigenvalue weighted by molar-refractivity contribution is 5.39. The summed E-state index contributed by atoms with van der Waals surface area (Å²) in [4.78, 5) is 0. The van der Waals surface area contributed by atoms with Gasteiger partial charge < -0.3 is 15.2 Å². The van der Waals surface area contributed by atoms with Crippen LogP contribution in [0, 0.1) is 0 Å². The summed E-state index contributed by atoms with van der Waals surface area (Å²) in [7, 11) is 0. The van der Waals surface area contributed by atoms with Crippen molar-refractivity contribution in [1.82, 2.24) is 0 Å². The fraction of sp³-hybridized carbons (Fsp3) is 0.625. The minimum Gasteiger partial charge on any atom is -0.493 e. The van der Waals surface area contributed by atoms with Gasteiger partial charge in [0.15, 0.2) is 0 Å². The van der Waals surface area contributed by atoms with Crippen LogP contribution < -0.4 is 10.5 Å². The van der Waals surface area contributed by atoms with E-state index in [4.69, 9.17) is 15.2 Å². The number of hydrogen-bond acceptors (Lipinski definition) is 3. The molecule has 1 aromatic rings. The van der Waals surface area contributed by atoms with Crippen LogP contribution in [-0.4, -0.2) is 25.9 Å². The maximum atomic E-state index is 6.14. The van der Waals surface area contributed by atoms with Crippen molar-refractivity contribution in [2.45, 2.75) is 45.1 Å². The molecule has 3 nitrogen and oxygen atoms in total. The molecule has 0 amide bonds. The highest BCUT2D eigenvalue weighted by atomic mass is 16.5. The number of aryl methyl sites for hydroxylation is 1. The van der Waals surface area contributed by atoms with E-state index in [9.17, 15) is 0 Å². The Morgan fingerprint density at radius 3 is 3.11 bits per heavy atom. The molecule has 1 aliphatic heterocycles.